The van der Waals surface area contributed by atoms with Crippen LogP contribution in [0.25, 0.3) is 0 Å². The van der Waals surface area contributed by atoms with Crippen molar-refractivity contribution in [1.29, 1.82) is 5.26 Å². The van der Waals surface area contributed by atoms with Gasteiger partial charge in [-0.2, -0.15) is 5.26 Å². The van der Waals surface area contributed by atoms with Crippen molar-refractivity contribution >= 4 is 10.0 Å². The predicted octanol–water partition coefficient (Wildman–Crippen LogP) is 1.12. The first-order valence-electron chi connectivity index (χ1n) is 6.46. The summed E-state index contributed by atoms with van der Waals surface area (Å²) in [6, 6.07) is 5.26. The third-order valence-electron chi connectivity index (χ3n) is 3.31. The number of hydrogen-bond donors (Lipinski definition) is 2. The Kier molecular flexibility index (Phi) is 4.70. The zero-order valence-electron chi connectivity index (χ0n) is 10.9. The molecule has 1 saturated heterocycles. The number of nitrogens with one attached hydrogen (secondary N) is 2. The van der Waals surface area contributed by atoms with Gasteiger partial charge in [-0.15, -0.1) is 0 Å². The number of hydrogen-bond acceptors (Lipinski definition) is 4. The molecule has 0 radical (unpaired) electrons. The number of halogens is 1. The first-order valence-corrected chi connectivity index (χ1v) is 7.94. The van der Waals surface area contributed by atoms with Crippen LogP contribution < -0.4 is 10.0 Å². The summed E-state index contributed by atoms with van der Waals surface area (Å²) >= 11 is 0. The number of nitriles is 1. The zero-order chi connectivity index (χ0) is 14.6. The molecule has 1 heterocycles. The fourth-order valence-corrected chi connectivity index (χ4v) is 3.47. The Labute approximate surface area is 117 Å². The highest BCUT2D eigenvalue weighted by atomic mass is 32.2. The maximum absolute atomic E-state index is 13.4. The third kappa shape index (κ3) is 3.33. The Balaban J connectivity index is 2.14. The lowest BCUT2D eigenvalue weighted by atomic mass is 10.1. The van der Waals surface area contributed by atoms with Crippen molar-refractivity contribution in [3.63, 3.8) is 0 Å². The summed E-state index contributed by atoms with van der Waals surface area (Å²) in [5, 5.41) is 12.1. The highest BCUT2D eigenvalue weighted by Crippen LogP contribution is 2.18. The average Bonchev–Trinajstić information content (AvgIpc) is 2.46. The lowest BCUT2D eigenvalue weighted by Gasteiger charge is -2.23. The van der Waals surface area contributed by atoms with Crippen molar-refractivity contribution in [3.8, 4) is 6.07 Å². The molecule has 0 saturated carbocycles. The van der Waals surface area contributed by atoms with Gasteiger partial charge in [0.25, 0.3) is 0 Å². The van der Waals surface area contributed by atoms with Crippen LogP contribution >= 0.6 is 0 Å². The second-order valence-corrected chi connectivity index (χ2v) is 6.46. The Morgan fingerprint density at radius 2 is 2.25 bits per heavy atom. The minimum absolute atomic E-state index is 0.0811. The summed E-state index contributed by atoms with van der Waals surface area (Å²) in [6.07, 6.45) is 3.05. The Hall–Kier alpha value is -1.49. The van der Waals surface area contributed by atoms with Crippen LogP contribution in [0.5, 0.6) is 0 Å². The van der Waals surface area contributed by atoms with E-state index < -0.39 is 21.4 Å². The van der Waals surface area contributed by atoms with Crippen molar-refractivity contribution in [1.82, 2.24) is 10.0 Å². The second kappa shape index (κ2) is 6.31. The molecule has 1 fully saturated rings. The SMILES string of the molecule is N#Cc1c(F)cccc1S(=O)(=O)NCC1CCCCN1. The van der Waals surface area contributed by atoms with Crippen molar-refractivity contribution in [2.75, 3.05) is 13.1 Å². The maximum atomic E-state index is 13.4. The molecule has 1 atom stereocenters. The third-order valence-corrected chi connectivity index (χ3v) is 4.77. The van der Waals surface area contributed by atoms with Gasteiger partial charge in [0, 0.05) is 12.6 Å². The van der Waals surface area contributed by atoms with Crippen LogP contribution in [0.2, 0.25) is 0 Å². The van der Waals surface area contributed by atoms with Gasteiger partial charge >= 0.3 is 0 Å². The van der Waals surface area contributed by atoms with Crippen LogP contribution in [0.1, 0.15) is 24.8 Å². The largest absolute Gasteiger partial charge is 0.313 e. The number of rotatable bonds is 4. The summed E-state index contributed by atoms with van der Waals surface area (Å²) in [5.41, 5.74) is -0.448. The van der Waals surface area contributed by atoms with Crippen LogP contribution in [-0.2, 0) is 10.0 Å². The van der Waals surface area contributed by atoms with Gasteiger partial charge in [0.2, 0.25) is 10.0 Å². The lowest BCUT2D eigenvalue weighted by molar-refractivity contribution is 0.398. The fourth-order valence-electron chi connectivity index (χ4n) is 2.22. The molecule has 5 nitrogen and oxygen atoms in total. The van der Waals surface area contributed by atoms with Gasteiger partial charge in [0.05, 0.1) is 0 Å². The van der Waals surface area contributed by atoms with Gasteiger partial charge in [-0.05, 0) is 31.5 Å². The molecule has 1 aromatic rings. The van der Waals surface area contributed by atoms with Gasteiger partial charge in [0.15, 0.2) is 0 Å². The minimum atomic E-state index is -3.88. The molecular formula is C13H16FN3O2S. The quantitative estimate of drug-likeness (QED) is 0.872. The van der Waals surface area contributed by atoms with Gasteiger partial charge in [-0.25, -0.2) is 17.5 Å². The van der Waals surface area contributed by atoms with E-state index in [9.17, 15) is 12.8 Å². The zero-order valence-corrected chi connectivity index (χ0v) is 11.7. The summed E-state index contributed by atoms with van der Waals surface area (Å²) < 4.78 is 40.2. The molecule has 0 aromatic heterocycles. The molecule has 7 heteroatoms. The second-order valence-electron chi connectivity index (χ2n) is 4.72. The van der Waals surface area contributed by atoms with Crippen LogP contribution in [0, 0.1) is 17.1 Å². The van der Waals surface area contributed by atoms with E-state index in [1.54, 1.807) is 6.07 Å². The van der Waals surface area contributed by atoms with E-state index in [0.717, 1.165) is 31.9 Å². The van der Waals surface area contributed by atoms with E-state index in [1.165, 1.54) is 12.1 Å². The van der Waals surface area contributed by atoms with Gasteiger partial charge in [-0.1, -0.05) is 12.5 Å². The van der Waals surface area contributed by atoms with Gasteiger partial charge < -0.3 is 5.32 Å². The number of benzene rings is 1. The van der Waals surface area contributed by atoms with Crippen molar-refractivity contribution in [2.24, 2.45) is 0 Å². The molecule has 0 aliphatic carbocycles. The molecule has 1 aromatic carbocycles. The standard InChI is InChI=1S/C13H16FN3O2S/c14-12-5-3-6-13(11(12)8-15)20(18,19)17-9-10-4-1-2-7-16-10/h3,5-6,10,16-17H,1-2,4,7,9H2. The number of sulfonamides is 1. The predicted molar refractivity (Wildman–Crippen MR) is 71.9 cm³/mol. The average molecular weight is 297 g/mol. The fraction of sp³-hybridized carbons (Fsp3) is 0.462. The molecule has 20 heavy (non-hydrogen) atoms. The molecule has 0 amide bonds. The van der Waals surface area contributed by atoms with Gasteiger partial charge in [0.1, 0.15) is 22.3 Å². The first-order chi connectivity index (χ1) is 9.54. The minimum Gasteiger partial charge on any atom is -0.313 e. The monoisotopic (exact) mass is 297 g/mol. The maximum Gasteiger partial charge on any atom is 0.242 e. The topological polar surface area (TPSA) is 82.0 Å². The van der Waals surface area contributed by atoms with Crippen molar-refractivity contribution < 1.29 is 12.8 Å². The molecule has 1 aliphatic rings. The van der Waals surface area contributed by atoms with Crippen LogP contribution in [-0.4, -0.2) is 27.5 Å². The van der Waals surface area contributed by atoms with Crippen molar-refractivity contribution in [2.45, 2.75) is 30.2 Å². The normalized spacial score (nSPS) is 19.5. The molecule has 108 valence electrons. The van der Waals surface area contributed by atoms with E-state index >= 15 is 0 Å². The number of piperidine rings is 1. The summed E-state index contributed by atoms with van der Waals surface area (Å²) in [6.45, 7) is 1.11. The highest BCUT2D eigenvalue weighted by molar-refractivity contribution is 7.89. The van der Waals surface area contributed by atoms with E-state index in [0.29, 0.717) is 0 Å². The number of nitrogens with zero attached hydrogens (tertiary/aromatic N) is 1. The molecule has 1 aliphatic heterocycles. The van der Waals surface area contributed by atoms with E-state index in [4.69, 9.17) is 5.26 Å². The van der Waals surface area contributed by atoms with E-state index in [-0.39, 0.29) is 17.5 Å². The molecule has 0 spiro atoms. The van der Waals surface area contributed by atoms with E-state index in [1.807, 2.05) is 0 Å². The van der Waals surface area contributed by atoms with E-state index in [2.05, 4.69) is 10.0 Å². The summed E-state index contributed by atoms with van der Waals surface area (Å²) in [5.74, 6) is -0.828. The first kappa shape index (κ1) is 14.9. The van der Waals surface area contributed by atoms with Crippen molar-refractivity contribution in [3.05, 3.63) is 29.6 Å². The van der Waals surface area contributed by atoms with Crippen LogP contribution in [0.3, 0.4) is 0 Å². The molecule has 2 N–H and O–H groups in total. The Morgan fingerprint density at radius 3 is 2.90 bits per heavy atom. The molecular weight excluding hydrogens is 281 g/mol. The molecule has 2 rings (SSSR count). The molecule has 0 bridgehead atoms. The summed E-state index contributed by atoms with van der Waals surface area (Å²) in [4.78, 5) is -0.309. The summed E-state index contributed by atoms with van der Waals surface area (Å²) in [7, 11) is -3.88. The Morgan fingerprint density at radius 1 is 1.45 bits per heavy atom. The molecule has 1 unspecified atom stereocenters. The van der Waals surface area contributed by atoms with Crippen LogP contribution in [0.4, 0.5) is 4.39 Å². The van der Waals surface area contributed by atoms with Gasteiger partial charge in [-0.3, -0.25) is 0 Å². The van der Waals surface area contributed by atoms with Crippen LogP contribution in [0.15, 0.2) is 23.1 Å². The smallest absolute Gasteiger partial charge is 0.242 e. The Bertz CT molecular complexity index is 619. The lowest BCUT2D eigenvalue weighted by Crippen LogP contribution is -2.43. The highest BCUT2D eigenvalue weighted by Gasteiger charge is 2.22.